The smallest absolute Gasteiger partial charge is 0.340 e. The summed E-state index contributed by atoms with van der Waals surface area (Å²) in [4.78, 5) is 24.7. The average molecular weight is 334 g/mol. The minimum atomic E-state index is -0.660. The number of rotatable bonds is 2. The van der Waals surface area contributed by atoms with Crippen LogP contribution in [-0.2, 0) is 19.1 Å². The minimum absolute atomic E-state index is 0.0322. The number of carbonyl (C=O) groups is 2. The number of hydrogen-bond acceptors (Lipinski definition) is 5. The molecule has 2 aliphatic rings. The summed E-state index contributed by atoms with van der Waals surface area (Å²) in [5.74, 6) is -0.846. The molecule has 1 aromatic carbocycles. The van der Waals surface area contributed by atoms with Crippen LogP contribution in [0.3, 0.4) is 0 Å². The molecular weight excluding hydrogens is 318 g/mol. The van der Waals surface area contributed by atoms with Crippen molar-refractivity contribution in [2.24, 2.45) is 5.73 Å². The van der Waals surface area contributed by atoms with Gasteiger partial charge in [0.2, 0.25) is 5.88 Å². The second-order valence-electron chi connectivity index (χ2n) is 5.44. The van der Waals surface area contributed by atoms with E-state index in [4.69, 9.17) is 26.8 Å². The molecule has 3 rings (SSSR count). The van der Waals surface area contributed by atoms with Crippen molar-refractivity contribution < 1.29 is 19.1 Å². The predicted octanol–water partition coefficient (Wildman–Crippen LogP) is 2.80. The van der Waals surface area contributed by atoms with E-state index in [9.17, 15) is 9.59 Å². The molecule has 1 aliphatic carbocycles. The Labute approximate surface area is 138 Å². The monoisotopic (exact) mass is 333 g/mol. The van der Waals surface area contributed by atoms with E-state index in [1.54, 1.807) is 24.3 Å². The first-order valence-corrected chi connectivity index (χ1v) is 7.68. The summed E-state index contributed by atoms with van der Waals surface area (Å²) in [6.45, 7) is 0. The molecule has 5 nitrogen and oxygen atoms in total. The molecular formula is C17H16ClNO4. The number of hydrogen-bond donors (Lipinski definition) is 1. The van der Waals surface area contributed by atoms with E-state index in [1.807, 2.05) is 0 Å². The van der Waals surface area contributed by atoms with Gasteiger partial charge in [0.15, 0.2) is 5.78 Å². The highest BCUT2D eigenvalue weighted by molar-refractivity contribution is 6.31. The molecule has 0 saturated carbocycles. The van der Waals surface area contributed by atoms with Gasteiger partial charge in [0.05, 0.1) is 13.0 Å². The number of benzene rings is 1. The maximum Gasteiger partial charge on any atom is 0.340 e. The van der Waals surface area contributed by atoms with Gasteiger partial charge >= 0.3 is 5.97 Å². The van der Waals surface area contributed by atoms with Crippen LogP contribution in [0.15, 0.2) is 47.1 Å². The van der Waals surface area contributed by atoms with Crippen LogP contribution in [0.1, 0.15) is 30.7 Å². The Morgan fingerprint density at radius 1 is 1.35 bits per heavy atom. The van der Waals surface area contributed by atoms with Crippen LogP contribution in [0.4, 0.5) is 0 Å². The zero-order valence-corrected chi connectivity index (χ0v) is 13.4. The van der Waals surface area contributed by atoms with Gasteiger partial charge in [0.1, 0.15) is 11.3 Å². The van der Waals surface area contributed by atoms with Crippen molar-refractivity contribution in [2.45, 2.75) is 25.2 Å². The van der Waals surface area contributed by atoms with Crippen LogP contribution >= 0.6 is 11.6 Å². The van der Waals surface area contributed by atoms with Crippen molar-refractivity contribution in [2.75, 3.05) is 7.11 Å². The molecule has 0 fully saturated rings. The number of ketones is 1. The largest absolute Gasteiger partial charge is 0.465 e. The molecule has 1 heterocycles. The van der Waals surface area contributed by atoms with Crippen LogP contribution in [0, 0.1) is 0 Å². The molecule has 120 valence electrons. The molecule has 0 bridgehead atoms. The van der Waals surface area contributed by atoms with Gasteiger partial charge in [-0.1, -0.05) is 29.8 Å². The summed E-state index contributed by atoms with van der Waals surface area (Å²) in [5.41, 5.74) is 7.17. The predicted molar refractivity (Wildman–Crippen MR) is 84.4 cm³/mol. The third-order valence-electron chi connectivity index (χ3n) is 4.11. The van der Waals surface area contributed by atoms with Crippen molar-refractivity contribution in [3.63, 3.8) is 0 Å². The number of methoxy groups -OCH3 is 1. The molecule has 0 amide bonds. The second kappa shape index (κ2) is 6.08. The van der Waals surface area contributed by atoms with E-state index < -0.39 is 11.9 Å². The fourth-order valence-corrected chi connectivity index (χ4v) is 3.33. The normalized spacial score (nSPS) is 21.0. The molecule has 2 N–H and O–H groups in total. The minimum Gasteiger partial charge on any atom is -0.465 e. The number of nitrogens with two attached hydrogens (primary N) is 1. The molecule has 0 radical (unpaired) electrons. The topological polar surface area (TPSA) is 78.6 Å². The zero-order chi connectivity index (χ0) is 16.6. The number of carbonyl (C=O) groups excluding carboxylic acids is 2. The lowest BCUT2D eigenvalue weighted by Gasteiger charge is -2.32. The Balaban J connectivity index is 2.23. The Hall–Kier alpha value is -2.27. The number of halogens is 1. The zero-order valence-electron chi connectivity index (χ0n) is 12.6. The van der Waals surface area contributed by atoms with E-state index in [2.05, 4.69) is 0 Å². The first kappa shape index (κ1) is 15.6. The second-order valence-corrected chi connectivity index (χ2v) is 5.85. The summed E-state index contributed by atoms with van der Waals surface area (Å²) in [6.07, 6.45) is 1.72. The first-order chi connectivity index (χ1) is 11.0. The van der Waals surface area contributed by atoms with Crippen LogP contribution in [-0.4, -0.2) is 18.9 Å². The average Bonchev–Trinajstić information content (AvgIpc) is 2.54. The van der Waals surface area contributed by atoms with Crippen molar-refractivity contribution in [1.29, 1.82) is 0 Å². The fourth-order valence-electron chi connectivity index (χ4n) is 3.09. The van der Waals surface area contributed by atoms with E-state index in [-0.39, 0.29) is 17.2 Å². The lowest BCUT2D eigenvalue weighted by molar-refractivity contribution is -0.136. The number of Topliss-reactive ketones (excluding diaryl/α,β-unsaturated/α-hetero) is 1. The van der Waals surface area contributed by atoms with Gasteiger partial charge in [-0.3, -0.25) is 4.79 Å². The molecule has 0 spiro atoms. The molecule has 0 saturated heterocycles. The first-order valence-electron chi connectivity index (χ1n) is 7.31. The molecule has 1 aliphatic heterocycles. The van der Waals surface area contributed by atoms with Crippen molar-refractivity contribution in [3.05, 3.63) is 57.6 Å². The Morgan fingerprint density at radius 2 is 2.09 bits per heavy atom. The summed E-state index contributed by atoms with van der Waals surface area (Å²) >= 11 is 6.31. The van der Waals surface area contributed by atoms with Crippen LogP contribution < -0.4 is 5.73 Å². The number of esters is 1. The summed E-state index contributed by atoms with van der Waals surface area (Å²) in [5, 5.41) is 0.457. The van der Waals surface area contributed by atoms with Gasteiger partial charge in [0, 0.05) is 23.4 Å². The van der Waals surface area contributed by atoms with Gasteiger partial charge in [-0.25, -0.2) is 4.79 Å². The summed E-state index contributed by atoms with van der Waals surface area (Å²) in [7, 11) is 1.26. The maximum absolute atomic E-state index is 12.5. The molecule has 23 heavy (non-hydrogen) atoms. The SMILES string of the molecule is COC(=O)C1=C(N)OC2=C(C(=O)CCC2)[C@H]1c1ccccc1Cl. The molecule has 6 heteroatoms. The maximum atomic E-state index is 12.5. The van der Waals surface area contributed by atoms with Crippen LogP contribution in [0.2, 0.25) is 5.02 Å². The van der Waals surface area contributed by atoms with Gasteiger partial charge in [-0.2, -0.15) is 0 Å². The van der Waals surface area contributed by atoms with E-state index in [0.717, 1.165) is 0 Å². The van der Waals surface area contributed by atoms with E-state index in [0.29, 0.717) is 41.2 Å². The highest BCUT2D eigenvalue weighted by Crippen LogP contribution is 2.45. The van der Waals surface area contributed by atoms with Crippen molar-refractivity contribution in [1.82, 2.24) is 0 Å². The highest BCUT2D eigenvalue weighted by Gasteiger charge is 2.41. The molecule has 0 aromatic heterocycles. The Morgan fingerprint density at radius 3 is 2.78 bits per heavy atom. The quantitative estimate of drug-likeness (QED) is 0.842. The Bertz CT molecular complexity index is 751. The summed E-state index contributed by atoms with van der Waals surface area (Å²) in [6, 6.07) is 7.08. The Kier molecular flexibility index (Phi) is 4.13. The van der Waals surface area contributed by atoms with Crippen LogP contribution in [0.5, 0.6) is 0 Å². The molecule has 0 unspecified atom stereocenters. The fraction of sp³-hybridized carbons (Fsp3) is 0.294. The third kappa shape index (κ3) is 2.61. The van der Waals surface area contributed by atoms with Gasteiger partial charge in [0.25, 0.3) is 0 Å². The van der Waals surface area contributed by atoms with Gasteiger partial charge in [-0.15, -0.1) is 0 Å². The molecule has 1 aromatic rings. The van der Waals surface area contributed by atoms with Gasteiger partial charge in [-0.05, 0) is 18.1 Å². The third-order valence-corrected chi connectivity index (χ3v) is 4.45. The lowest BCUT2D eigenvalue weighted by Crippen LogP contribution is -2.31. The highest BCUT2D eigenvalue weighted by atomic mass is 35.5. The summed E-state index contributed by atoms with van der Waals surface area (Å²) < 4.78 is 10.4. The standard InChI is InChI=1S/C17H16ClNO4/c1-22-17(21)15-13(9-5-2-3-6-10(9)18)14-11(20)7-4-8-12(14)23-16(15)19/h2-3,5-6,13H,4,7-8,19H2,1H3/t13-/m1/s1. The number of allylic oxidation sites excluding steroid dienone is 2. The van der Waals surface area contributed by atoms with Gasteiger partial charge < -0.3 is 15.2 Å². The van der Waals surface area contributed by atoms with Crippen molar-refractivity contribution >= 4 is 23.4 Å². The van der Waals surface area contributed by atoms with Crippen molar-refractivity contribution in [3.8, 4) is 0 Å². The van der Waals surface area contributed by atoms with Crippen LogP contribution in [0.25, 0.3) is 0 Å². The van der Waals surface area contributed by atoms with E-state index in [1.165, 1.54) is 7.11 Å². The lowest BCUT2D eigenvalue weighted by atomic mass is 9.77. The molecule has 1 atom stereocenters. The van der Waals surface area contributed by atoms with E-state index >= 15 is 0 Å². The number of ether oxygens (including phenoxy) is 2.